The van der Waals surface area contributed by atoms with Gasteiger partial charge in [-0.15, -0.1) is 0 Å². The van der Waals surface area contributed by atoms with Gasteiger partial charge in [-0.3, -0.25) is 9.59 Å². The lowest BCUT2D eigenvalue weighted by Gasteiger charge is -2.03. The third kappa shape index (κ3) is 13.7. The maximum Gasteiger partial charge on any atom is 0.317 e. The van der Waals surface area contributed by atoms with Crippen LogP contribution in [0.15, 0.2) is 12.2 Å². The number of allylic oxidation sites excluding steroid dienone is 2. The van der Waals surface area contributed by atoms with Crippen molar-refractivity contribution < 1.29 is 14.3 Å². The number of esters is 2. The van der Waals surface area contributed by atoms with Crippen molar-refractivity contribution in [3.8, 4) is 0 Å². The Hall–Kier alpha value is -1.12. The minimum absolute atomic E-state index is 0.205. The Balaban J connectivity index is 1.75. The van der Waals surface area contributed by atoms with E-state index >= 15 is 0 Å². The summed E-state index contributed by atoms with van der Waals surface area (Å²) in [6.07, 6.45) is 26.9. The van der Waals surface area contributed by atoms with Gasteiger partial charge in [-0.1, -0.05) is 103 Å². The predicted molar refractivity (Wildman–Crippen MR) is 113 cm³/mol. The van der Waals surface area contributed by atoms with Gasteiger partial charge >= 0.3 is 11.9 Å². The van der Waals surface area contributed by atoms with Gasteiger partial charge in [0.05, 0.1) is 12.3 Å². The fourth-order valence-corrected chi connectivity index (χ4v) is 3.73. The highest BCUT2D eigenvalue weighted by molar-refractivity contribution is 5.94. The summed E-state index contributed by atoms with van der Waals surface area (Å²) in [4.78, 5) is 22.3. The SMILES string of the molecule is CCCCCCCCCCCCCCCC/C=C/CCC1CC(=O)OC1=O. The van der Waals surface area contributed by atoms with Crippen LogP contribution in [-0.4, -0.2) is 11.9 Å². The van der Waals surface area contributed by atoms with Gasteiger partial charge in [0, 0.05) is 0 Å². The molecule has 0 aromatic heterocycles. The lowest BCUT2D eigenvalue weighted by atomic mass is 10.0. The molecule has 1 fully saturated rings. The average molecular weight is 379 g/mol. The maximum absolute atomic E-state index is 11.3. The van der Waals surface area contributed by atoms with Crippen molar-refractivity contribution >= 4 is 11.9 Å². The van der Waals surface area contributed by atoms with E-state index in [9.17, 15) is 9.59 Å². The van der Waals surface area contributed by atoms with E-state index in [2.05, 4.69) is 23.8 Å². The molecular weight excluding hydrogens is 336 g/mol. The van der Waals surface area contributed by atoms with E-state index < -0.39 is 0 Å². The minimum atomic E-state index is -0.364. The van der Waals surface area contributed by atoms with Crippen molar-refractivity contribution in [2.24, 2.45) is 5.92 Å². The molecule has 27 heavy (non-hydrogen) atoms. The van der Waals surface area contributed by atoms with Crippen molar-refractivity contribution in [3.05, 3.63) is 12.2 Å². The average Bonchev–Trinajstić information content (AvgIpc) is 2.98. The number of hydrogen-bond acceptors (Lipinski definition) is 3. The number of carbonyl (C=O) groups is 2. The zero-order chi connectivity index (χ0) is 19.6. The second-order valence-corrected chi connectivity index (χ2v) is 8.13. The summed E-state index contributed by atoms with van der Waals surface area (Å²) in [7, 11) is 0. The van der Waals surface area contributed by atoms with Gasteiger partial charge in [0.1, 0.15) is 0 Å². The quantitative estimate of drug-likeness (QED) is 0.109. The van der Waals surface area contributed by atoms with Crippen LogP contribution in [0.1, 0.15) is 122 Å². The number of hydrogen-bond donors (Lipinski definition) is 0. The molecule has 156 valence electrons. The first kappa shape index (κ1) is 23.9. The summed E-state index contributed by atoms with van der Waals surface area (Å²) in [6, 6.07) is 0. The molecule has 1 aliphatic heterocycles. The molecule has 0 amide bonds. The molecule has 0 aliphatic carbocycles. The first-order chi connectivity index (χ1) is 13.2. The molecule has 3 heteroatoms. The first-order valence-electron chi connectivity index (χ1n) is 11.6. The van der Waals surface area contributed by atoms with Crippen molar-refractivity contribution in [2.45, 2.75) is 122 Å². The van der Waals surface area contributed by atoms with Crippen molar-refractivity contribution in [1.29, 1.82) is 0 Å². The normalized spacial score (nSPS) is 17.1. The van der Waals surface area contributed by atoms with E-state index in [0.717, 1.165) is 19.3 Å². The van der Waals surface area contributed by atoms with Gasteiger partial charge in [-0.2, -0.15) is 0 Å². The topological polar surface area (TPSA) is 43.4 Å². The Bertz CT molecular complexity index is 414. The molecule has 1 saturated heterocycles. The third-order valence-corrected chi connectivity index (χ3v) is 5.53. The smallest absolute Gasteiger partial charge is 0.317 e. The Morgan fingerprint density at radius 2 is 1.22 bits per heavy atom. The Kier molecular flexibility index (Phi) is 15.1. The Labute approximate surface area is 167 Å². The van der Waals surface area contributed by atoms with Crippen LogP contribution in [0.2, 0.25) is 0 Å². The Morgan fingerprint density at radius 1 is 0.741 bits per heavy atom. The molecule has 1 atom stereocenters. The van der Waals surface area contributed by atoms with Gasteiger partial charge in [0.15, 0.2) is 0 Å². The second-order valence-electron chi connectivity index (χ2n) is 8.13. The lowest BCUT2D eigenvalue weighted by molar-refractivity contribution is -0.153. The highest BCUT2D eigenvalue weighted by Crippen LogP contribution is 2.21. The standard InChI is InChI=1S/C24H42O3/c1-2-3-4-5-6-7-8-9-10-11-12-13-14-15-16-17-18-19-20-22-21-23(25)27-24(22)26/h17-18,22H,2-16,19-21H2,1H3/b18-17+. The van der Waals surface area contributed by atoms with E-state index in [0.29, 0.717) is 0 Å². The van der Waals surface area contributed by atoms with E-state index in [1.165, 1.54) is 89.9 Å². The fourth-order valence-electron chi connectivity index (χ4n) is 3.73. The maximum atomic E-state index is 11.3. The molecule has 0 radical (unpaired) electrons. The van der Waals surface area contributed by atoms with Gasteiger partial charge < -0.3 is 4.74 Å². The molecule has 1 aliphatic rings. The number of cyclic esters (lactones) is 2. The summed E-state index contributed by atoms with van der Waals surface area (Å²) in [5, 5.41) is 0. The third-order valence-electron chi connectivity index (χ3n) is 5.53. The molecule has 1 rings (SSSR count). The van der Waals surface area contributed by atoms with Crippen LogP contribution in [0.4, 0.5) is 0 Å². The van der Waals surface area contributed by atoms with Crippen LogP contribution in [0.25, 0.3) is 0 Å². The number of unbranched alkanes of at least 4 members (excludes halogenated alkanes) is 14. The molecule has 0 aromatic rings. The second kappa shape index (κ2) is 17.0. The molecule has 0 N–H and O–H groups in total. The van der Waals surface area contributed by atoms with E-state index in [4.69, 9.17) is 0 Å². The minimum Gasteiger partial charge on any atom is -0.393 e. The number of carbonyl (C=O) groups excluding carboxylic acids is 2. The summed E-state index contributed by atoms with van der Waals surface area (Å²) < 4.78 is 4.56. The van der Waals surface area contributed by atoms with Crippen molar-refractivity contribution in [2.75, 3.05) is 0 Å². The summed E-state index contributed by atoms with van der Waals surface area (Å²) in [5.74, 6) is -0.903. The zero-order valence-electron chi connectivity index (χ0n) is 17.7. The van der Waals surface area contributed by atoms with E-state index in [1.807, 2.05) is 0 Å². The van der Waals surface area contributed by atoms with Gasteiger partial charge in [0.2, 0.25) is 0 Å². The summed E-state index contributed by atoms with van der Waals surface area (Å²) in [6.45, 7) is 2.28. The zero-order valence-corrected chi connectivity index (χ0v) is 17.7. The van der Waals surface area contributed by atoms with Crippen LogP contribution < -0.4 is 0 Å². The highest BCUT2D eigenvalue weighted by atomic mass is 16.6. The molecule has 3 nitrogen and oxygen atoms in total. The first-order valence-corrected chi connectivity index (χ1v) is 11.6. The molecule has 0 bridgehead atoms. The van der Waals surface area contributed by atoms with Crippen LogP contribution in [-0.2, 0) is 14.3 Å². The molecule has 0 saturated carbocycles. The van der Waals surface area contributed by atoms with Gasteiger partial charge in [-0.25, -0.2) is 0 Å². The predicted octanol–water partition coefficient (Wildman–Crippen LogP) is 7.28. The molecular formula is C24H42O3. The number of rotatable bonds is 18. The van der Waals surface area contributed by atoms with Crippen LogP contribution in [0.5, 0.6) is 0 Å². The largest absolute Gasteiger partial charge is 0.393 e. The van der Waals surface area contributed by atoms with Crippen molar-refractivity contribution in [1.82, 2.24) is 0 Å². The Morgan fingerprint density at radius 3 is 1.70 bits per heavy atom. The summed E-state index contributed by atoms with van der Waals surface area (Å²) >= 11 is 0. The number of ether oxygens (including phenoxy) is 1. The molecule has 1 heterocycles. The molecule has 1 unspecified atom stereocenters. The van der Waals surface area contributed by atoms with Crippen LogP contribution in [0.3, 0.4) is 0 Å². The summed E-state index contributed by atoms with van der Waals surface area (Å²) in [5.41, 5.74) is 0. The fraction of sp³-hybridized carbons (Fsp3) is 0.833. The van der Waals surface area contributed by atoms with E-state index in [1.54, 1.807) is 0 Å². The van der Waals surface area contributed by atoms with Gasteiger partial charge in [0.25, 0.3) is 0 Å². The van der Waals surface area contributed by atoms with Crippen molar-refractivity contribution in [3.63, 3.8) is 0 Å². The van der Waals surface area contributed by atoms with Gasteiger partial charge in [-0.05, 0) is 25.7 Å². The monoisotopic (exact) mass is 378 g/mol. The molecule has 0 spiro atoms. The molecule has 0 aromatic carbocycles. The lowest BCUT2D eigenvalue weighted by Crippen LogP contribution is -2.06. The van der Waals surface area contributed by atoms with Crippen LogP contribution >= 0.6 is 0 Å². The van der Waals surface area contributed by atoms with E-state index in [-0.39, 0.29) is 24.3 Å². The van der Waals surface area contributed by atoms with Crippen LogP contribution in [0, 0.1) is 5.92 Å². The highest BCUT2D eigenvalue weighted by Gasteiger charge is 2.32.